The summed E-state index contributed by atoms with van der Waals surface area (Å²) in [6, 6.07) is 14.0. The second kappa shape index (κ2) is 10.3. The molecule has 0 bridgehead atoms. The van der Waals surface area contributed by atoms with Gasteiger partial charge in [0.15, 0.2) is 11.5 Å². The van der Waals surface area contributed by atoms with Gasteiger partial charge in [0.1, 0.15) is 6.61 Å². The van der Waals surface area contributed by atoms with E-state index in [1.807, 2.05) is 42.5 Å². The van der Waals surface area contributed by atoms with Gasteiger partial charge in [-0.05, 0) is 37.1 Å². The van der Waals surface area contributed by atoms with Crippen molar-refractivity contribution in [2.75, 3.05) is 20.3 Å². The third-order valence-corrected chi connectivity index (χ3v) is 4.08. The van der Waals surface area contributed by atoms with Crippen molar-refractivity contribution in [1.82, 2.24) is 5.32 Å². The lowest BCUT2D eigenvalue weighted by atomic mass is 10.1. The minimum Gasteiger partial charge on any atom is -0.493 e. The van der Waals surface area contributed by atoms with Gasteiger partial charge in [-0.3, -0.25) is 0 Å². The van der Waals surface area contributed by atoms with Crippen molar-refractivity contribution in [3.63, 3.8) is 0 Å². The highest BCUT2D eigenvalue weighted by Gasteiger charge is 2.13. The number of benzene rings is 2. The van der Waals surface area contributed by atoms with Crippen LogP contribution in [0.4, 0.5) is 0 Å². The van der Waals surface area contributed by atoms with Gasteiger partial charge >= 0.3 is 0 Å². The molecule has 5 heteroatoms. The predicted molar refractivity (Wildman–Crippen MR) is 99.5 cm³/mol. The van der Waals surface area contributed by atoms with E-state index in [-0.39, 0.29) is 6.61 Å². The lowest BCUT2D eigenvalue weighted by molar-refractivity contribution is 0.279. The molecule has 4 nitrogen and oxygen atoms in total. The SMILES string of the molecule is COc1cc(Br)cc(CNCCCCO)c1OCc1ccccc1. The fourth-order valence-corrected chi connectivity index (χ4v) is 2.87. The molecule has 2 aromatic rings. The predicted octanol–water partition coefficient (Wildman–Crippen LogP) is 3.90. The maximum absolute atomic E-state index is 8.84. The van der Waals surface area contributed by atoms with Crippen molar-refractivity contribution in [3.05, 3.63) is 58.1 Å². The average Bonchev–Trinajstić information content (AvgIpc) is 2.61. The van der Waals surface area contributed by atoms with Gasteiger partial charge in [0.2, 0.25) is 0 Å². The Balaban J connectivity index is 2.08. The van der Waals surface area contributed by atoms with Crippen LogP contribution in [0.25, 0.3) is 0 Å². The van der Waals surface area contributed by atoms with Gasteiger partial charge in [0, 0.05) is 23.2 Å². The van der Waals surface area contributed by atoms with E-state index in [4.69, 9.17) is 14.6 Å². The molecule has 130 valence electrons. The van der Waals surface area contributed by atoms with Crippen molar-refractivity contribution in [2.45, 2.75) is 26.0 Å². The molecule has 0 spiro atoms. The van der Waals surface area contributed by atoms with Crippen molar-refractivity contribution < 1.29 is 14.6 Å². The van der Waals surface area contributed by atoms with E-state index in [1.54, 1.807) is 7.11 Å². The molecule has 0 heterocycles. The van der Waals surface area contributed by atoms with Crippen LogP contribution in [0.1, 0.15) is 24.0 Å². The molecule has 0 unspecified atom stereocenters. The Labute approximate surface area is 151 Å². The third kappa shape index (κ3) is 5.82. The zero-order valence-electron chi connectivity index (χ0n) is 13.9. The smallest absolute Gasteiger partial charge is 0.166 e. The second-order valence-corrected chi connectivity index (χ2v) is 6.39. The summed E-state index contributed by atoms with van der Waals surface area (Å²) in [6.45, 7) is 2.27. The summed E-state index contributed by atoms with van der Waals surface area (Å²) in [5.41, 5.74) is 2.16. The van der Waals surface area contributed by atoms with Crippen LogP contribution >= 0.6 is 15.9 Å². The first-order chi connectivity index (χ1) is 11.7. The molecular weight excluding hydrogens is 370 g/mol. The number of unbranched alkanes of at least 4 members (excludes halogenated alkanes) is 1. The van der Waals surface area contributed by atoms with E-state index < -0.39 is 0 Å². The van der Waals surface area contributed by atoms with Gasteiger partial charge in [0.05, 0.1) is 7.11 Å². The van der Waals surface area contributed by atoms with Gasteiger partial charge in [-0.15, -0.1) is 0 Å². The first-order valence-corrected chi connectivity index (χ1v) is 8.88. The summed E-state index contributed by atoms with van der Waals surface area (Å²) in [5.74, 6) is 1.48. The molecule has 0 fully saturated rings. The van der Waals surface area contributed by atoms with Crippen molar-refractivity contribution in [3.8, 4) is 11.5 Å². The van der Waals surface area contributed by atoms with Crippen molar-refractivity contribution >= 4 is 15.9 Å². The fraction of sp³-hybridized carbons (Fsp3) is 0.368. The summed E-state index contributed by atoms with van der Waals surface area (Å²) in [6.07, 6.45) is 1.76. The van der Waals surface area contributed by atoms with Gasteiger partial charge in [-0.2, -0.15) is 0 Å². The maximum Gasteiger partial charge on any atom is 0.166 e. The molecule has 0 amide bonds. The molecule has 2 rings (SSSR count). The molecule has 0 atom stereocenters. The Morgan fingerprint density at radius 3 is 2.62 bits per heavy atom. The van der Waals surface area contributed by atoms with E-state index in [2.05, 4.69) is 21.2 Å². The lowest BCUT2D eigenvalue weighted by Crippen LogP contribution is -2.16. The largest absolute Gasteiger partial charge is 0.493 e. The number of nitrogens with one attached hydrogen (secondary N) is 1. The number of hydrogen-bond acceptors (Lipinski definition) is 4. The van der Waals surface area contributed by atoms with Crippen molar-refractivity contribution in [1.29, 1.82) is 0 Å². The lowest BCUT2D eigenvalue weighted by Gasteiger charge is -2.16. The number of halogens is 1. The van der Waals surface area contributed by atoms with Gasteiger partial charge in [0.25, 0.3) is 0 Å². The molecular formula is C19H24BrNO3. The third-order valence-electron chi connectivity index (χ3n) is 3.62. The molecule has 0 aliphatic heterocycles. The zero-order valence-corrected chi connectivity index (χ0v) is 15.5. The zero-order chi connectivity index (χ0) is 17.2. The number of hydrogen-bond donors (Lipinski definition) is 2. The molecule has 0 saturated carbocycles. The summed E-state index contributed by atoms with van der Waals surface area (Å²) in [7, 11) is 1.65. The van der Waals surface area contributed by atoms with E-state index in [1.165, 1.54) is 0 Å². The minimum absolute atomic E-state index is 0.234. The highest BCUT2D eigenvalue weighted by atomic mass is 79.9. The van der Waals surface area contributed by atoms with Crippen LogP contribution in [0, 0.1) is 0 Å². The number of ether oxygens (including phenoxy) is 2. The Bertz CT molecular complexity index is 620. The summed E-state index contributed by atoms with van der Waals surface area (Å²) in [4.78, 5) is 0. The van der Waals surface area contributed by atoms with Crippen LogP contribution < -0.4 is 14.8 Å². The Hall–Kier alpha value is -1.56. The number of rotatable bonds is 10. The molecule has 0 aromatic heterocycles. The van der Waals surface area contributed by atoms with Crippen LogP contribution in [0.3, 0.4) is 0 Å². The van der Waals surface area contributed by atoms with Crippen LogP contribution in [-0.2, 0) is 13.2 Å². The van der Waals surface area contributed by atoms with E-state index in [9.17, 15) is 0 Å². The number of aliphatic hydroxyl groups excluding tert-OH is 1. The van der Waals surface area contributed by atoms with Crippen LogP contribution in [0.2, 0.25) is 0 Å². The summed E-state index contributed by atoms with van der Waals surface area (Å²) >= 11 is 3.52. The monoisotopic (exact) mass is 393 g/mol. The molecule has 0 saturated heterocycles. The first-order valence-electron chi connectivity index (χ1n) is 8.09. The van der Waals surface area contributed by atoms with Crippen LogP contribution in [-0.4, -0.2) is 25.4 Å². The quantitative estimate of drug-likeness (QED) is 0.601. The maximum atomic E-state index is 8.84. The van der Waals surface area contributed by atoms with E-state index >= 15 is 0 Å². The average molecular weight is 394 g/mol. The van der Waals surface area contributed by atoms with Crippen molar-refractivity contribution in [2.24, 2.45) is 0 Å². The number of methoxy groups -OCH3 is 1. The minimum atomic E-state index is 0.234. The van der Waals surface area contributed by atoms with E-state index in [0.717, 1.165) is 40.7 Å². The molecule has 24 heavy (non-hydrogen) atoms. The number of aliphatic hydroxyl groups is 1. The second-order valence-electron chi connectivity index (χ2n) is 5.48. The molecule has 0 radical (unpaired) electrons. The first kappa shape index (κ1) is 18.8. The highest BCUT2D eigenvalue weighted by molar-refractivity contribution is 9.10. The van der Waals surface area contributed by atoms with Crippen LogP contribution in [0.5, 0.6) is 11.5 Å². The normalized spacial score (nSPS) is 10.6. The summed E-state index contributed by atoms with van der Waals surface area (Å²) in [5, 5.41) is 12.2. The standard InChI is InChI=1S/C19H24BrNO3/c1-23-18-12-17(20)11-16(13-21-9-5-6-10-22)19(18)24-14-15-7-3-2-4-8-15/h2-4,7-8,11-12,21-22H,5-6,9-10,13-14H2,1H3. The molecule has 0 aliphatic rings. The van der Waals surface area contributed by atoms with Gasteiger partial charge in [-0.1, -0.05) is 46.3 Å². The highest BCUT2D eigenvalue weighted by Crippen LogP contribution is 2.35. The van der Waals surface area contributed by atoms with Crippen LogP contribution in [0.15, 0.2) is 46.9 Å². The van der Waals surface area contributed by atoms with E-state index in [0.29, 0.717) is 18.9 Å². The molecule has 0 aliphatic carbocycles. The molecule has 2 N–H and O–H groups in total. The topological polar surface area (TPSA) is 50.7 Å². The molecule has 2 aromatic carbocycles. The Morgan fingerprint density at radius 2 is 1.92 bits per heavy atom. The summed E-state index contributed by atoms with van der Waals surface area (Å²) < 4.78 is 12.5. The Morgan fingerprint density at radius 1 is 1.12 bits per heavy atom. The van der Waals surface area contributed by atoms with Gasteiger partial charge in [-0.25, -0.2) is 0 Å². The fourth-order valence-electron chi connectivity index (χ4n) is 2.38. The van der Waals surface area contributed by atoms with Gasteiger partial charge < -0.3 is 19.9 Å². The Kier molecular flexibility index (Phi) is 8.08.